The Hall–Kier alpha value is -2.76. The number of ether oxygens (including phenoxy) is 2. The summed E-state index contributed by atoms with van der Waals surface area (Å²) in [6, 6.07) is 4.99. The van der Waals surface area contributed by atoms with Gasteiger partial charge in [-0.1, -0.05) is 66.2 Å². The summed E-state index contributed by atoms with van der Waals surface area (Å²) in [5, 5.41) is 20.5. The molecule has 6 nitrogen and oxygen atoms in total. The van der Waals surface area contributed by atoms with E-state index in [1.165, 1.54) is 18.8 Å². The minimum atomic E-state index is -0.613. The Kier molecular flexibility index (Phi) is 7.84. The number of esters is 1. The van der Waals surface area contributed by atoms with Crippen molar-refractivity contribution in [3.05, 3.63) is 41.5 Å². The van der Waals surface area contributed by atoms with Crippen molar-refractivity contribution in [1.82, 2.24) is 0 Å². The molecule has 0 amide bonds. The van der Waals surface area contributed by atoms with Gasteiger partial charge in [0.25, 0.3) is 0 Å². The lowest BCUT2D eigenvalue weighted by molar-refractivity contribution is -0.212. The molecule has 0 bridgehead atoms. The normalized spacial score (nSPS) is 40.8. The number of phenolic OH excluding ortho intramolecular Hbond substituents is 1. The second kappa shape index (κ2) is 10.9. The summed E-state index contributed by atoms with van der Waals surface area (Å²) >= 11 is 0. The van der Waals surface area contributed by atoms with Gasteiger partial charge in [-0.2, -0.15) is 0 Å². The molecule has 4 unspecified atom stereocenters. The Balaban J connectivity index is 1.24. The first-order valence-corrected chi connectivity index (χ1v) is 17.6. The molecule has 0 aromatic heterocycles. The van der Waals surface area contributed by atoms with Crippen molar-refractivity contribution in [2.45, 2.75) is 119 Å². The Bertz CT molecular complexity index is 1470. The quantitative estimate of drug-likeness (QED) is 0.191. The number of carboxylic acids is 1. The smallest absolute Gasteiger partial charge is 0.331 e. The van der Waals surface area contributed by atoms with Crippen LogP contribution < -0.4 is 4.74 Å². The molecule has 0 radical (unpaired) electrons. The third-order valence-electron chi connectivity index (χ3n) is 14.9. The Morgan fingerprint density at radius 2 is 1.63 bits per heavy atom. The van der Waals surface area contributed by atoms with Gasteiger partial charge in [-0.3, -0.25) is 4.79 Å². The topological polar surface area (TPSA) is 93.1 Å². The van der Waals surface area contributed by atoms with E-state index in [-0.39, 0.29) is 50.8 Å². The number of methoxy groups -OCH3 is 1. The molecule has 252 valence electrons. The minimum absolute atomic E-state index is 0.00387. The van der Waals surface area contributed by atoms with Crippen LogP contribution in [0.25, 0.3) is 6.08 Å². The van der Waals surface area contributed by atoms with Crippen LogP contribution >= 0.6 is 0 Å². The number of phenols is 1. The Labute approximate surface area is 276 Å². The van der Waals surface area contributed by atoms with Crippen molar-refractivity contribution >= 4 is 18.0 Å². The molecule has 4 fully saturated rings. The third-order valence-corrected chi connectivity index (χ3v) is 14.9. The van der Waals surface area contributed by atoms with Crippen molar-refractivity contribution in [3.8, 4) is 11.5 Å². The molecule has 5 aliphatic carbocycles. The number of fused-ring (bicyclic) bond motifs is 7. The predicted molar refractivity (Wildman–Crippen MR) is 180 cm³/mol. The van der Waals surface area contributed by atoms with E-state index in [0.717, 1.165) is 69.8 Å². The number of hydrogen-bond acceptors (Lipinski definition) is 5. The van der Waals surface area contributed by atoms with Crippen molar-refractivity contribution in [1.29, 1.82) is 0 Å². The van der Waals surface area contributed by atoms with Crippen LogP contribution in [0.1, 0.15) is 118 Å². The van der Waals surface area contributed by atoms with Crippen LogP contribution in [-0.2, 0) is 14.3 Å². The lowest BCUT2D eigenvalue weighted by Crippen LogP contribution is -2.65. The standard InChI is InChI=1S/C40H56O6/c1-35(2)19-21-40(34(43)44)22-20-38(6)26(27(40)24-35)11-13-31-37(5)17-16-32(36(3,4)30(37)15-18-39(31,38)7)46-33(42)14-10-25-9-12-28(41)29(23-25)45-8/h9-12,14,23,27,30-32,41H,13,15-22,24H2,1-8H3,(H,43,44)/b14-10+/t27?,30?,31?,32?,37-,38+,39+,40-/m0/s1. The average Bonchev–Trinajstić information content (AvgIpc) is 2.98. The fraction of sp³-hybridized carbons (Fsp3) is 0.700. The number of carbonyl (C=O) groups excluding carboxylic acids is 1. The second-order valence-electron chi connectivity index (χ2n) is 17.7. The maximum absolute atomic E-state index is 13.1. The molecule has 5 aliphatic rings. The summed E-state index contributed by atoms with van der Waals surface area (Å²) in [6.07, 6.45) is 15.1. The number of rotatable bonds is 5. The number of carboxylic acid groups (broad SMARTS) is 1. The maximum Gasteiger partial charge on any atom is 0.331 e. The van der Waals surface area contributed by atoms with Gasteiger partial charge in [0.15, 0.2) is 11.5 Å². The zero-order valence-electron chi connectivity index (χ0n) is 29.4. The Morgan fingerprint density at radius 1 is 0.913 bits per heavy atom. The molecular weight excluding hydrogens is 576 g/mol. The molecule has 1 aromatic rings. The van der Waals surface area contributed by atoms with Gasteiger partial charge in [-0.15, -0.1) is 0 Å². The zero-order valence-corrected chi connectivity index (χ0v) is 29.4. The monoisotopic (exact) mass is 632 g/mol. The Morgan fingerprint density at radius 3 is 2.33 bits per heavy atom. The van der Waals surface area contributed by atoms with Crippen LogP contribution in [0, 0.1) is 50.2 Å². The molecule has 0 heterocycles. The third kappa shape index (κ3) is 4.78. The maximum atomic E-state index is 13.1. The van der Waals surface area contributed by atoms with Gasteiger partial charge in [-0.25, -0.2) is 4.79 Å². The van der Waals surface area contributed by atoms with E-state index in [0.29, 0.717) is 17.6 Å². The summed E-state index contributed by atoms with van der Waals surface area (Å²) in [5.74, 6) is 0.552. The van der Waals surface area contributed by atoms with Crippen molar-refractivity contribution in [2.75, 3.05) is 7.11 Å². The largest absolute Gasteiger partial charge is 0.504 e. The molecule has 0 saturated heterocycles. The summed E-state index contributed by atoms with van der Waals surface area (Å²) < 4.78 is 11.4. The molecule has 1 aromatic carbocycles. The van der Waals surface area contributed by atoms with Crippen LogP contribution in [0.15, 0.2) is 35.9 Å². The molecule has 8 atom stereocenters. The van der Waals surface area contributed by atoms with E-state index in [1.807, 2.05) is 0 Å². The van der Waals surface area contributed by atoms with Crippen molar-refractivity contribution in [3.63, 3.8) is 0 Å². The lowest BCUT2D eigenvalue weighted by Gasteiger charge is -2.71. The molecule has 6 heteroatoms. The van der Waals surface area contributed by atoms with Crippen molar-refractivity contribution < 1.29 is 29.3 Å². The molecule has 4 saturated carbocycles. The fourth-order valence-electron chi connectivity index (χ4n) is 12.0. The van der Waals surface area contributed by atoms with Gasteiger partial charge < -0.3 is 19.7 Å². The highest BCUT2D eigenvalue weighted by Crippen LogP contribution is 2.75. The van der Waals surface area contributed by atoms with Crippen LogP contribution in [0.4, 0.5) is 0 Å². The molecule has 46 heavy (non-hydrogen) atoms. The highest BCUT2D eigenvalue weighted by Gasteiger charge is 2.69. The molecular formula is C40H56O6. The molecule has 2 N–H and O–H groups in total. The van der Waals surface area contributed by atoms with Gasteiger partial charge in [0.05, 0.1) is 12.5 Å². The summed E-state index contributed by atoms with van der Waals surface area (Å²) in [4.78, 5) is 26.1. The van der Waals surface area contributed by atoms with Gasteiger partial charge in [-0.05, 0) is 127 Å². The van der Waals surface area contributed by atoms with E-state index in [1.54, 1.807) is 24.3 Å². The number of hydrogen-bond donors (Lipinski definition) is 2. The van der Waals surface area contributed by atoms with Gasteiger partial charge in [0, 0.05) is 11.5 Å². The van der Waals surface area contributed by atoms with E-state index in [4.69, 9.17) is 9.47 Å². The van der Waals surface area contributed by atoms with E-state index >= 15 is 0 Å². The first-order valence-electron chi connectivity index (χ1n) is 17.6. The first-order chi connectivity index (χ1) is 21.4. The van der Waals surface area contributed by atoms with Crippen LogP contribution in [-0.4, -0.2) is 35.4 Å². The summed E-state index contributed by atoms with van der Waals surface area (Å²) in [7, 11) is 1.50. The minimum Gasteiger partial charge on any atom is -0.504 e. The predicted octanol–water partition coefficient (Wildman–Crippen LogP) is 9.21. The van der Waals surface area contributed by atoms with E-state index in [2.05, 4.69) is 54.5 Å². The number of aliphatic carboxylic acids is 1. The van der Waals surface area contributed by atoms with E-state index < -0.39 is 11.4 Å². The van der Waals surface area contributed by atoms with Gasteiger partial charge in [0.1, 0.15) is 6.10 Å². The summed E-state index contributed by atoms with van der Waals surface area (Å²) in [5.41, 5.74) is 1.80. The molecule has 0 aliphatic heterocycles. The molecule has 6 rings (SSSR count). The number of benzene rings is 1. The van der Waals surface area contributed by atoms with Crippen LogP contribution in [0.2, 0.25) is 0 Å². The second-order valence-corrected chi connectivity index (χ2v) is 17.7. The summed E-state index contributed by atoms with van der Waals surface area (Å²) in [6.45, 7) is 16.8. The zero-order chi connectivity index (χ0) is 33.5. The van der Waals surface area contributed by atoms with Crippen LogP contribution in [0.3, 0.4) is 0 Å². The lowest BCUT2D eigenvalue weighted by atomic mass is 9.33. The van der Waals surface area contributed by atoms with Crippen molar-refractivity contribution in [2.24, 2.45) is 50.2 Å². The number of carbonyl (C=O) groups is 2. The highest BCUT2D eigenvalue weighted by molar-refractivity contribution is 5.87. The van der Waals surface area contributed by atoms with Crippen LogP contribution in [0.5, 0.6) is 11.5 Å². The number of allylic oxidation sites excluding steroid dienone is 2. The average molecular weight is 633 g/mol. The van der Waals surface area contributed by atoms with Gasteiger partial charge in [0.2, 0.25) is 0 Å². The number of aromatic hydroxyl groups is 1. The fourth-order valence-corrected chi connectivity index (χ4v) is 12.0. The first kappa shape index (κ1) is 33.2. The SMILES string of the molecule is COc1cc(/C=C/C(=O)OC2CC[C@@]3(C)C(CC[C@]4(C)C3CC=C3C5CC(C)(C)CC[C@]5(C(=O)O)CC[C@]34C)C2(C)C)ccc1O. The highest BCUT2D eigenvalue weighted by atomic mass is 16.5. The molecule has 0 spiro atoms. The van der Waals surface area contributed by atoms with Gasteiger partial charge >= 0.3 is 11.9 Å². The van der Waals surface area contributed by atoms with E-state index in [9.17, 15) is 19.8 Å².